The van der Waals surface area contributed by atoms with E-state index in [1.165, 1.54) is 11.3 Å². The number of anilines is 2. The van der Waals surface area contributed by atoms with Crippen molar-refractivity contribution in [3.8, 4) is 11.5 Å². The van der Waals surface area contributed by atoms with Crippen LogP contribution in [0.1, 0.15) is 48.8 Å². The lowest BCUT2D eigenvalue weighted by Gasteiger charge is -2.34. The van der Waals surface area contributed by atoms with Crippen molar-refractivity contribution in [1.29, 1.82) is 0 Å². The SMILES string of the molecule is C.CCCc1cc(N2CCC(NCC(O)COc3cccc(OC)c3)CC2)nc2sc(C(N)=O)c(N)c12. The monoisotopic (exact) mass is 529 g/mol. The minimum Gasteiger partial charge on any atom is -0.497 e. The number of nitrogens with zero attached hydrogens (tertiary/aromatic N) is 2. The summed E-state index contributed by atoms with van der Waals surface area (Å²) in [7, 11) is 1.61. The number of carbonyl (C=O) groups is 1. The number of ether oxygens (including phenoxy) is 2. The molecular formula is C27H39N5O4S. The molecule has 202 valence electrons. The quantitative estimate of drug-likeness (QED) is 0.296. The Morgan fingerprint density at radius 3 is 2.70 bits per heavy atom. The Morgan fingerprint density at radius 1 is 1.30 bits per heavy atom. The van der Waals surface area contributed by atoms with E-state index in [1.54, 1.807) is 13.2 Å². The molecule has 1 amide bonds. The smallest absolute Gasteiger partial charge is 0.260 e. The van der Waals surface area contributed by atoms with E-state index in [9.17, 15) is 9.90 Å². The number of pyridine rings is 1. The van der Waals surface area contributed by atoms with Crippen molar-refractivity contribution in [3.05, 3.63) is 40.8 Å². The third kappa shape index (κ3) is 6.82. The molecule has 1 fully saturated rings. The summed E-state index contributed by atoms with van der Waals surface area (Å²) in [5.74, 6) is 1.79. The summed E-state index contributed by atoms with van der Waals surface area (Å²) in [4.78, 5) is 20.1. The summed E-state index contributed by atoms with van der Waals surface area (Å²) in [6.07, 6.45) is 3.09. The third-order valence-corrected chi connectivity index (χ3v) is 7.57. The Hall–Kier alpha value is -3.08. The number of primary amides is 1. The summed E-state index contributed by atoms with van der Waals surface area (Å²) < 4.78 is 10.9. The van der Waals surface area contributed by atoms with E-state index in [0.29, 0.717) is 28.9 Å². The predicted octanol–water partition coefficient (Wildman–Crippen LogP) is 3.57. The highest BCUT2D eigenvalue weighted by atomic mass is 32.1. The van der Waals surface area contributed by atoms with Crippen LogP contribution in [0.3, 0.4) is 0 Å². The Balaban J connectivity index is 0.00000380. The topological polar surface area (TPSA) is 136 Å². The molecule has 10 heteroatoms. The van der Waals surface area contributed by atoms with Gasteiger partial charge >= 0.3 is 0 Å². The van der Waals surface area contributed by atoms with Gasteiger partial charge in [-0.3, -0.25) is 4.79 Å². The van der Waals surface area contributed by atoms with Crippen molar-refractivity contribution in [3.63, 3.8) is 0 Å². The van der Waals surface area contributed by atoms with Gasteiger partial charge in [-0.05, 0) is 43.0 Å². The molecule has 0 saturated carbocycles. The van der Waals surface area contributed by atoms with Crippen molar-refractivity contribution in [2.45, 2.75) is 52.2 Å². The van der Waals surface area contributed by atoms with Gasteiger partial charge in [-0.1, -0.05) is 26.8 Å². The predicted molar refractivity (Wildman–Crippen MR) is 151 cm³/mol. The first-order valence-electron chi connectivity index (χ1n) is 12.3. The summed E-state index contributed by atoms with van der Waals surface area (Å²) in [5, 5.41) is 14.7. The number of aryl methyl sites for hydroxylation is 1. The molecule has 0 bridgehead atoms. The normalized spacial score (nSPS) is 14.8. The molecule has 1 saturated heterocycles. The van der Waals surface area contributed by atoms with Gasteiger partial charge < -0.3 is 36.3 Å². The van der Waals surface area contributed by atoms with E-state index in [2.05, 4.69) is 23.2 Å². The highest BCUT2D eigenvalue weighted by molar-refractivity contribution is 7.21. The van der Waals surface area contributed by atoms with Crippen molar-refractivity contribution in [2.24, 2.45) is 5.73 Å². The Morgan fingerprint density at radius 2 is 2.03 bits per heavy atom. The second kappa shape index (κ2) is 12.9. The van der Waals surface area contributed by atoms with E-state index >= 15 is 0 Å². The lowest BCUT2D eigenvalue weighted by Crippen LogP contribution is -2.45. The molecule has 0 aliphatic carbocycles. The zero-order chi connectivity index (χ0) is 25.7. The molecule has 0 radical (unpaired) electrons. The van der Waals surface area contributed by atoms with Gasteiger partial charge in [0.25, 0.3) is 5.91 Å². The highest BCUT2D eigenvalue weighted by Crippen LogP contribution is 2.37. The molecule has 4 rings (SSSR count). The van der Waals surface area contributed by atoms with E-state index in [0.717, 1.165) is 66.1 Å². The number of rotatable bonds is 11. The fraction of sp³-hybridized carbons (Fsp3) is 0.481. The number of thiophene rings is 1. The molecule has 3 aromatic rings. The Kier molecular flexibility index (Phi) is 9.96. The van der Waals surface area contributed by atoms with E-state index in [-0.39, 0.29) is 14.0 Å². The number of nitrogens with two attached hydrogens (primary N) is 2. The number of methoxy groups -OCH3 is 1. The molecule has 0 spiro atoms. The zero-order valence-corrected chi connectivity index (χ0v) is 21.6. The van der Waals surface area contributed by atoms with Crippen LogP contribution >= 0.6 is 11.3 Å². The number of fused-ring (bicyclic) bond motifs is 1. The van der Waals surface area contributed by atoms with Gasteiger partial charge in [-0.2, -0.15) is 0 Å². The zero-order valence-electron chi connectivity index (χ0n) is 20.8. The van der Waals surface area contributed by atoms with E-state index < -0.39 is 12.0 Å². The van der Waals surface area contributed by atoms with Crippen molar-refractivity contribution >= 4 is 39.0 Å². The highest BCUT2D eigenvalue weighted by Gasteiger charge is 2.24. The number of aromatic nitrogens is 1. The van der Waals surface area contributed by atoms with Crippen molar-refractivity contribution in [1.82, 2.24) is 10.3 Å². The van der Waals surface area contributed by atoms with Crippen molar-refractivity contribution in [2.75, 3.05) is 44.0 Å². The summed E-state index contributed by atoms with van der Waals surface area (Å²) >= 11 is 1.27. The number of nitrogens with one attached hydrogen (secondary N) is 1. The second-order valence-corrected chi connectivity index (χ2v) is 10.1. The van der Waals surface area contributed by atoms with Gasteiger partial charge in [0.05, 0.1) is 12.8 Å². The summed E-state index contributed by atoms with van der Waals surface area (Å²) in [6.45, 7) is 4.49. The third-order valence-electron chi connectivity index (χ3n) is 6.45. The summed E-state index contributed by atoms with van der Waals surface area (Å²) in [5.41, 5.74) is 13.3. The van der Waals surface area contributed by atoms with Crippen LogP contribution in [0.25, 0.3) is 10.2 Å². The molecule has 1 unspecified atom stereocenters. The van der Waals surface area contributed by atoms with Crippen LogP contribution in [0.2, 0.25) is 0 Å². The van der Waals surface area contributed by atoms with Crippen molar-refractivity contribution < 1.29 is 19.4 Å². The Labute approximate surface area is 222 Å². The lowest BCUT2D eigenvalue weighted by atomic mass is 10.0. The molecule has 1 aliphatic rings. The van der Waals surface area contributed by atoms with Gasteiger partial charge in [0, 0.05) is 37.1 Å². The fourth-order valence-corrected chi connectivity index (χ4v) is 5.54. The molecular weight excluding hydrogens is 490 g/mol. The minimum absolute atomic E-state index is 0. The molecule has 1 aromatic carbocycles. The van der Waals surface area contributed by atoms with Gasteiger partial charge in [0.1, 0.15) is 39.7 Å². The van der Waals surface area contributed by atoms with Gasteiger partial charge in [0.2, 0.25) is 0 Å². The minimum atomic E-state index is -0.612. The number of aliphatic hydroxyl groups is 1. The number of aliphatic hydroxyl groups excluding tert-OH is 1. The first-order valence-corrected chi connectivity index (χ1v) is 13.2. The molecule has 2 aromatic heterocycles. The molecule has 3 heterocycles. The molecule has 6 N–H and O–H groups in total. The average Bonchev–Trinajstić information content (AvgIpc) is 3.23. The largest absolute Gasteiger partial charge is 0.497 e. The lowest BCUT2D eigenvalue weighted by molar-refractivity contribution is 0.100. The maximum absolute atomic E-state index is 11.8. The van der Waals surface area contributed by atoms with E-state index in [1.807, 2.05) is 18.2 Å². The van der Waals surface area contributed by atoms with Gasteiger partial charge in [-0.25, -0.2) is 4.98 Å². The number of piperidine rings is 1. The number of carbonyl (C=O) groups excluding carboxylic acids is 1. The molecule has 1 atom stereocenters. The van der Waals surface area contributed by atoms with Crippen LogP contribution in [-0.4, -0.2) is 61.5 Å². The van der Waals surface area contributed by atoms with Gasteiger partial charge in [0.15, 0.2) is 0 Å². The van der Waals surface area contributed by atoms with Crippen LogP contribution in [-0.2, 0) is 6.42 Å². The number of amides is 1. The number of hydrogen-bond acceptors (Lipinski definition) is 9. The number of benzene rings is 1. The maximum Gasteiger partial charge on any atom is 0.260 e. The molecule has 1 aliphatic heterocycles. The molecule has 37 heavy (non-hydrogen) atoms. The fourth-order valence-electron chi connectivity index (χ4n) is 4.55. The Bertz CT molecular complexity index is 1190. The van der Waals surface area contributed by atoms with Crippen LogP contribution in [0.15, 0.2) is 30.3 Å². The average molecular weight is 530 g/mol. The first kappa shape index (κ1) is 28.5. The summed E-state index contributed by atoms with van der Waals surface area (Å²) in [6, 6.07) is 9.76. The van der Waals surface area contributed by atoms with Gasteiger partial charge in [-0.15, -0.1) is 11.3 Å². The van der Waals surface area contributed by atoms with Crippen LogP contribution < -0.4 is 31.2 Å². The van der Waals surface area contributed by atoms with Crippen LogP contribution in [0, 0.1) is 0 Å². The first-order chi connectivity index (χ1) is 17.4. The number of hydrogen-bond donors (Lipinski definition) is 4. The van der Waals surface area contributed by atoms with Crippen LogP contribution in [0.4, 0.5) is 11.5 Å². The standard InChI is InChI=1S/C26H35N5O4S.CH4/c1-3-5-16-12-21(30-26-22(16)23(27)24(36-26)25(28)33)31-10-8-17(9-11-31)29-14-18(32)15-35-20-7-4-6-19(13-20)34-2;/h4,6-7,12-13,17-18,29,32H,3,5,8-11,14-15,27H2,1-2H3,(H2,28,33);1H4. The molecule has 9 nitrogen and oxygen atoms in total. The second-order valence-electron chi connectivity index (χ2n) is 9.09. The number of nitrogen functional groups attached to an aromatic ring is 1. The van der Waals surface area contributed by atoms with E-state index in [4.69, 9.17) is 25.9 Å². The maximum atomic E-state index is 11.8. The van der Waals surface area contributed by atoms with Crippen LogP contribution in [0.5, 0.6) is 11.5 Å².